The average Bonchev–Trinajstić information content (AvgIpc) is 2.63. The molecule has 0 bridgehead atoms. The zero-order valence-corrected chi connectivity index (χ0v) is 15.1. The first-order valence-electron chi connectivity index (χ1n) is 7.76. The summed E-state index contributed by atoms with van der Waals surface area (Å²) in [5.74, 6) is 1.19. The first-order chi connectivity index (χ1) is 12.1. The second kappa shape index (κ2) is 9.41. The van der Waals surface area contributed by atoms with Gasteiger partial charge in [0.2, 0.25) is 9.84 Å². The molecule has 0 aliphatic rings. The Morgan fingerprint density at radius 1 is 0.640 bits per heavy atom. The molecule has 6 nitrogen and oxygen atoms in total. The fourth-order valence-electron chi connectivity index (χ4n) is 2.05. The number of rotatable bonds is 10. The molecule has 0 atom stereocenters. The van der Waals surface area contributed by atoms with Gasteiger partial charge in [0.15, 0.2) is 0 Å². The van der Waals surface area contributed by atoms with Crippen LogP contribution in [-0.2, 0) is 19.3 Å². The second-order valence-electron chi connectivity index (χ2n) is 5.13. The third-order valence-corrected chi connectivity index (χ3v) is 5.17. The summed E-state index contributed by atoms with van der Waals surface area (Å²) in [5.41, 5.74) is 0. The normalized spacial score (nSPS) is 11.3. The minimum absolute atomic E-state index is 0.208. The quantitative estimate of drug-likeness (QED) is 0.602. The van der Waals surface area contributed by atoms with Crippen LogP contribution in [0.2, 0.25) is 0 Å². The predicted octanol–water partition coefficient (Wildman–Crippen LogP) is 2.57. The van der Waals surface area contributed by atoms with Crippen molar-refractivity contribution in [1.29, 1.82) is 0 Å². The van der Waals surface area contributed by atoms with E-state index in [2.05, 4.69) is 0 Å². The van der Waals surface area contributed by atoms with E-state index in [1.807, 2.05) is 0 Å². The van der Waals surface area contributed by atoms with Crippen LogP contribution in [-0.4, -0.2) is 49.1 Å². The molecule has 0 saturated heterocycles. The Morgan fingerprint density at radius 3 is 1.32 bits per heavy atom. The van der Waals surface area contributed by atoms with Gasteiger partial charge in [0.25, 0.3) is 0 Å². The molecule has 0 spiro atoms. The van der Waals surface area contributed by atoms with Gasteiger partial charge in [-0.3, -0.25) is 0 Å². The Balaban J connectivity index is 2.07. The van der Waals surface area contributed by atoms with Crippen molar-refractivity contribution in [2.75, 3.05) is 40.6 Å². The Morgan fingerprint density at radius 2 is 1.00 bits per heavy atom. The van der Waals surface area contributed by atoms with E-state index < -0.39 is 9.84 Å². The molecule has 25 heavy (non-hydrogen) atoms. The van der Waals surface area contributed by atoms with Gasteiger partial charge in [-0.05, 0) is 48.5 Å². The zero-order valence-electron chi connectivity index (χ0n) is 14.3. The van der Waals surface area contributed by atoms with Crippen LogP contribution in [0, 0.1) is 0 Å². The van der Waals surface area contributed by atoms with Gasteiger partial charge >= 0.3 is 0 Å². The maximum absolute atomic E-state index is 12.7. The average molecular weight is 366 g/mol. The Labute approximate surface area is 148 Å². The first-order valence-corrected chi connectivity index (χ1v) is 9.25. The van der Waals surface area contributed by atoms with E-state index in [-0.39, 0.29) is 9.79 Å². The second-order valence-corrected chi connectivity index (χ2v) is 7.08. The lowest BCUT2D eigenvalue weighted by Gasteiger charge is -2.09. The molecule has 136 valence electrons. The van der Waals surface area contributed by atoms with Crippen LogP contribution in [0.4, 0.5) is 0 Å². The summed E-state index contributed by atoms with van der Waals surface area (Å²) in [6.07, 6.45) is 0. The summed E-state index contributed by atoms with van der Waals surface area (Å²) in [4.78, 5) is 0.416. The maximum atomic E-state index is 12.7. The van der Waals surface area contributed by atoms with Crippen molar-refractivity contribution in [3.05, 3.63) is 48.5 Å². The number of hydrogen-bond acceptors (Lipinski definition) is 6. The Hall–Kier alpha value is -2.09. The molecule has 0 aliphatic heterocycles. The first kappa shape index (κ1) is 19.2. The minimum Gasteiger partial charge on any atom is -0.491 e. The highest BCUT2D eigenvalue weighted by molar-refractivity contribution is 7.91. The Bertz CT molecular complexity index is 679. The SMILES string of the molecule is COCCOc1ccc(S(=O)(=O)c2ccc(OCCOC)cc2)cc1. The molecule has 0 saturated carbocycles. The molecule has 7 heteroatoms. The molecule has 2 aromatic rings. The molecule has 2 rings (SSSR count). The lowest BCUT2D eigenvalue weighted by atomic mass is 10.3. The monoisotopic (exact) mass is 366 g/mol. The number of methoxy groups -OCH3 is 2. The molecule has 0 radical (unpaired) electrons. The van der Waals surface area contributed by atoms with Crippen molar-refractivity contribution in [3.63, 3.8) is 0 Å². The van der Waals surface area contributed by atoms with Crippen LogP contribution in [0.15, 0.2) is 58.3 Å². The molecule has 0 heterocycles. The van der Waals surface area contributed by atoms with Crippen molar-refractivity contribution in [2.45, 2.75) is 9.79 Å². The van der Waals surface area contributed by atoms with Gasteiger partial charge < -0.3 is 18.9 Å². The molecule has 2 aromatic carbocycles. The van der Waals surface area contributed by atoms with E-state index >= 15 is 0 Å². The predicted molar refractivity (Wildman–Crippen MR) is 93.1 cm³/mol. The largest absolute Gasteiger partial charge is 0.491 e. The van der Waals surface area contributed by atoms with Crippen LogP contribution in [0.3, 0.4) is 0 Å². The smallest absolute Gasteiger partial charge is 0.206 e. The Kier molecular flexibility index (Phi) is 7.24. The molecule has 0 amide bonds. The van der Waals surface area contributed by atoms with Crippen LogP contribution in [0.1, 0.15) is 0 Å². The van der Waals surface area contributed by atoms with E-state index in [1.165, 1.54) is 24.3 Å². The van der Waals surface area contributed by atoms with Gasteiger partial charge in [0, 0.05) is 14.2 Å². The molecule has 0 unspecified atom stereocenters. The number of benzene rings is 2. The molecular weight excluding hydrogens is 344 g/mol. The van der Waals surface area contributed by atoms with Crippen molar-refractivity contribution in [3.8, 4) is 11.5 Å². The van der Waals surface area contributed by atoms with E-state index in [1.54, 1.807) is 38.5 Å². The summed E-state index contributed by atoms with van der Waals surface area (Å²) in [5, 5.41) is 0. The summed E-state index contributed by atoms with van der Waals surface area (Å²) >= 11 is 0. The van der Waals surface area contributed by atoms with E-state index in [4.69, 9.17) is 18.9 Å². The number of ether oxygens (including phenoxy) is 4. The van der Waals surface area contributed by atoms with Crippen molar-refractivity contribution in [1.82, 2.24) is 0 Å². The molecule has 0 N–H and O–H groups in total. The lowest BCUT2D eigenvalue weighted by Crippen LogP contribution is -2.06. The van der Waals surface area contributed by atoms with Gasteiger partial charge in [-0.15, -0.1) is 0 Å². The number of hydrogen-bond donors (Lipinski definition) is 0. The zero-order chi connectivity index (χ0) is 18.1. The highest BCUT2D eigenvalue weighted by Gasteiger charge is 2.17. The summed E-state index contributed by atoms with van der Waals surface area (Å²) < 4.78 is 46.0. The van der Waals surface area contributed by atoms with Gasteiger partial charge in [-0.2, -0.15) is 0 Å². The van der Waals surface area contributed by atoms with Crippen LogP contribution >= 0.6 is 0 Å². The maximum Gasteiger partial charge on any atom is 0.206 e. The lowest BCUT2D eigenvalue weighted by molar-refractivity contribution is 0.146. The topological polar surface area (TPSA) is 71.1 Å². The fourth-order valence-corrected chi connectivity index (χ4v) is 3.31. The van der Waals surface area contributed by atoms with Crippen molar-refractivity contribution in [2.24, 2.45) is 0 Å². The molecule has 0 aliphatic carbocycles. The fraction of sp³-hybridized carbons (Fsp3) is 0.333. The third kappa shape index (κ3) is 5.45. The van der Waals surface area contributed by atoms with E-state index in [0.29, 0.717) is 37.9 Å². The van der Waals surface area contributed by atoms with Gasteiger partial charge in [-0.25, -0.2) is 8.42 Å². The van der Waals surface area contributed by atoms with Crippen molar-refractivity contribution < 1.29 is 27.4 Å². The summed E-state index contributed by atoms with van der Waals surface area (Å²) in [7, 11) is -0.403. The van der Waals surface area contributed by atoms with Crippen LogP contribution in [0.5, 0.6) is 11.5 Å². The van der Waals surface area contributed by atoms with E-state index in [9.17, 15) is 8.42 Å². The van der Waals surface area contributed by atoms with Crippen LogP contribution < -0.4 is 9.47 Å². The molecule has 0 fully saturated rings. The highest BCUT2D eigenvalue weighted by atomic mass is 32.2. The standard InChI is InChI=1S/C18H22O6S/c1-21-11-13-23-15-3-7-17(8-4-15)25(19,20)18-9-5-16(6-10-18)24-14-12-22-2/h3-10H,11-14H2,1-2H3. The molecular formula is C18H22O6S. The highest BCUT2D eigenvalue weighted by Crippen LogP contribution is 2.24. The van der Waals surface area contributed by atoms with Gasteiger partial charge in [0.05, 0.1) is 23.0 Å². The summed E-state index contributed by atoms with van der Waals surface area (Å²) in [6, 6.07) is 12.6. The molecule has 0 aromatic heterocycles. The van der Waals surface area contributed by atoms with Gasteiger partial charge in [-0.1, -0.05) is 0 Å². The van der Waals surface area contributed by atoms with E-state index in [0.717, 1.165) is 0 Å². The number of sulfone groups is 1. The van der Waals surface area contributed by atoms with Crippen molar-refractivity contribution >= 4 is 9.84 Å². The third-order valence-electron chi connectivity index (χ3n) is 3.38. The van der Waals surface area contributed by atoms with Crippen LogP contribution in [0.25, 0.3) is 0 Å². The minimum atomic E-state index is -3.58. The summed E-state index contributed by atoms with van der Waals surface area (Å²) in [6.45, 7) is 1.76. The van der Waals surface area contributed by atoms with Gasteiger partial charge in [0.1, 0.15) is 24.7 Å².